The second-order valence-electron chi connectivity index (χ2n) is 7.33. The van der Waals surface area contributed by atoms with Crippen LogP contribution in [0.5, 0.6) is 5.75 Å². The highest BCUT2D eigenvalue weighted by Crippen LogP contribution is 2.44. The maximum atomic E-state index is 14.2. The first kappa shape index (κ1) is 18.7. The monoisotopic (exact) mass is 393 g/mol. The van der Waals surface area contributed by atoms with Crippen molar-refractivity contribution in [2.24, 2.45) is 5.73 Å². The fourth-order valence-corrected chi connectivity index (χ4v) is 3.85. The summed E-state index contributed by atoms with van der Waals surface area (Å²) < 4.78 is 35.0. The highest BCUT2D eigenvalue weighted by atomic mass is 19.1. The van der Waals surface area contributed by atoms with Crippen molar-refractivity contribution < 1.29 is 23.4 Å². The Labute approximate surface area is 159 Å². The van der Waals surface area contributed by atoms with Gasteiger partial charge in [0.15, 0.2) is 5.75 Å². The molecule has 2 fully saturated rings. The van der Waals surface area contributed by atoms with E-state index in [0.29, 0.717) is 29.9 Å². The van der Waals surface area contributed by atoms with Gasteiger partial charge in [0.25, 0.3) is 0 Å². The van der Waals surface area contributed by atoms with E-state index in [9.17, 15) is 23.5 Å². The lowest BCUT2D eigenvalue weighted by atomic mass is 10.0. The van der Waals surface area contributed by atoms with Crippen molar-refractivity contribution in [3.05, 3.63) is 34.1 Å². The lowest BCUT2D eigenvalue weighted by Crippen LogP contribution is -2.48. The van der Waals surface area contributed by atoms with Crippen molar-refractivity contribution in [3.63, 3.8) is 0 Å². The van der Waals surface area contributed by atoms with E-state index in [1.807, 2.05) is 0 Å². The van der Waals surface area contributed by atoms with Crippen molar-refractivity contribution in [3.8, 4) is 5.75 Å². The Balaban J connectivity index is 1.94. The molecule has 4 rings (SSSR count). The Morgan fingerprint density at radius 3 is 2.61 bits per heavy atom. The first-order valence-corrected chi connectivity index (χ1v) is 9.11. The summed E-state index contributed by atoms with van der Waals surface area (Å²) in [6.45, 7) is 0.589. The van der Waals surface area contributed by atoms with Crippen LogP contribution in [0, 0.1) is 0 Å². The minimum atomic E-state index is -1.37. The van der Waals surface area contributed by atoms with E-state index in [-0.39, 0.29) is 18.4 Å². The van der Waals surface area contributed by atoms with E-state index in [4.69, 9.17) is 10.5 Å². The van der Waals surface area contributed by atoms with Crippen LogP contribution in [0.15, 0.2) is 23.1 Å². The molecule has 4 atom stereocenters. The third-order valence-corrected chi connectivity index (χ3v) is 5.53. The zero-order valence-corrected chi connectivity index (χ0v) is 15.3. The number of nitrogens with zero attached hydrogens (tertiary/aromatic N) is 2. The van der Waals surface area contributed by atoms with Crippen LogP contribution in [-0.2, 0) is 0 Å². The molecule has 1 saturated heterocycles. The molecule has 150 valence electrons. The van der Waals surface area contributed by atoms with Crippen LogP contribution in [-0.4, -0.2) is 54.2 Å². The van der Waals surface area contributed by atoms with E-state index in [0.717, 1.165) is 0 Å². The highest BCUT2D eigenvalue weighted by Gasteiger charge is 2.41. The number of pyridine rings is 1. The van der Waals surface area contributed by atoms with Crippen molar-refractivity contribution >= 4 is 22.6 Å². The Morgan fingerprint density at radius 1 is 1.32 bits per heavy atom. The van der Waals surface area contributed by atoms with Gasteiger partial charge in [0.05, 0.1) is 36.3 Å². The molecular formula is C19H21F2N3O4. The number of aromatic nitrogens is 1. The van der Waals surface area contributed by atoms with Crippen molar-refractivity contribution in [2.75, 3.05) is 25.1 Å². The number of hydrogen-bond donors (Lipinski definition) is 2. The fourth-order valence-electron chi connectivity index (χ4n) is 3.85. The molecule has 1 aromatic carbocycles. The molecule has 0 spiro atoms. The van der Waals surface area contributed by atoms with Crippen LogP contribution in [0.25, 0.3) is 10.9 Å². The average molecular weight is 393 g/mol. The number of methoxy groups -OCH3 is 1. The molecule has 0 radical (unpaired) electrons. The molecule has 7 nitrogen and oxygen atoms in total. The quantitative estimate of drug-likeness (QED) is 0.823. The van der Waals surface area contributed by atoms with Crippen molar-refractivity contribution in [1.82, 2.24) is 4.57 Å². The summed E-state index contributed by atoms with van der Waals surface area (Å²) in [5.74, 6) is -1.07. The largest absolute Gasteiger partial charge is 0.492 e. The maximum absolute atomic E-state index is 14.2. The SMILES string of the molecule is COc1c(N2CC[C@H](N)[C@@H](F)C2)ccc2c(=O)c(C(=O)O)cn([C@@H]3C[C@@H]3F)c12. The molecule has 9 heteroatoms. The van der Waals surface area contributed by atoms with E-state index >= 15 is 0 Å². The molecule has 0 bridgehead atoms. The molecule has 1 saturated carbocycles. The van der Waals surface area contributed by atoms with E-state index in [1.54, 1.807) is 11.0 Å². The highest BCUT2D eigenvalue weighted by molar-refractivity contribution is 5.97. The first-order valence-electron chi connectivity index (χ1n) is 9.11. The number of rotatable bonds is 4. The van der Waals surface area contributed by atoms with Gasteiger partial charge < -0.3 is 25.0 Å². The third-order valence-electron chi connectivity index (χ3n) is 5.53. The molecule has 2 heterocycles. The van der Waals surface area contributed by atoms with Crippen LogP contribution >= 0.6 is 0 Å². The summed E-state index contributed by atoms with van der Waals surface area (Å²) in [6.07, 6.45) is -0.459. The van der Waals surface area contributed by atoms with Crippen LogP contribution in [0.1, 0.15) is 29.2 Å². The number of carbonyl (C=O) groups is 1. The van der Waals surface area contributed by atoms with Crippen molar-refractivity contribution in [2.45, 2.75) is 37.3 Å². The zero-order valence-electron chi connectivity index (χ0n) is 15.3. The summed E-state index contributed by atoms with van der Waals surface area (Å²) >= 11 is 0. The van der Waals surface area contributed by atoms with Gasteiger partial charge in [-0.25, -0.2) is 13.6 Å². The van der Waals surface area contributed by atoms with Crippen molar-refractivity contribution in [1.29, 1.82) is 0 Å². The van der Waals surface area contributed by atoms with Crippen LogP contribution in [0.3, 0.4) is 0 Å². The molecule has 3 N–H and O–H groups in total. The predicted molar refractivity (Wildman–Crippen MR) is 100.0 cm³/mol. The fraction of sp³-hybridized carbons (Fsp3) is 0.474. The number of nitrogens with two attached hydrogens (primary N) is 1. The number of fused-ring (bicyclic) bond motifs is 1. The van der Waals surface area contributed by atoms with Crippen LogP contribution in [0.4, 0.5) is 14.5 Å². The summed E-state index contributed by atoms with van der Waals surface area (Å²) in [6, 6.07) is 2.02. The minimum absolute atomic E-state index is 0.0790. The number of halogens is 2. The van der Waals surface area contributed by atoms with Crippen LogP contribution < -0.4 is 20.8 Å². The molecule has 2 aromatic rings. The topological polar surface area (TPSA) is 97.8 Å². The number of hydrogen-bond acceptors (Lipinski definition) is 5. The lowest BCUT2D eigenvalue weighted by Gasteiger charge is -2.35. The average Bonchev–Trinajstić information content (AvgIpc) is 3.39. The van der Waals surface area contributed by atoms with Gasteiger partial charge in [0.1, 0.15) is 17.9 Å². The molecule has 1 aliphatic heterocycles. The number of ether oxygens (including phenoxy) is 1. The second kappa shape index (κ2) is 6.73. The van der Waals surface area contributed by atoms with Gasteiger partial charge in [-0.1, -0.05) is 0 Å². The number of aromatic carboxylic acids is 1. The Morgan fingerprint density at radius 2 is 2.04 bits per heavy atom. The lowest BCUT2D eigenvalue weighted by molar-refractivity contribution is 0.0694. The summed E-state index contributed by atoms with van der Waals surface area (Å²) in [5.41, 5.74) is 5.56. The molecular weight excluding hydrogens is 372 g/mol. The van der Waals surface area contributed by atoms with E-state index in [1.165, 1.54) is 23.9 Å². The van der Waals surface area contributed by atoms with Gasteiger partial charge >= 0.3 is 5.97 Å². The van der Waals surface area contributed by atoms with Gasteiger partial charge in [-0.2, -0.15) is 0 Å². The van der Waals surface area contributed by atoms with Gasteiger partial charge in [0, 0.05) is 25.2 Å². The molecule has 28 heavy (non-hydrogen) atoms. The number of carboxylic acid groups (broad SMARTS) is 1. The zero-order chi connectivity index (χ0) is 20.2. The van der Waals surface area contributed by atoms with Gasteiger partial charge in [0.2, 0.25) is 5.43 Å². The minimum Gasteiger partial charge on any atom is -0.492 e. The summed E-state index contributed by atoms with van der Waals surface area (Å²) in [5, 5.41) is 9.49. The number of alkyl halides is 2. The molecule has 1 aliphatic carbocycles. The van der Waals surface area contributed by atoms with Gasteiger partial charge in [-0.3, -0.25) is 4.79 Å². The number of benzene rings is 1. The van der Waals surface area contributed by atoms with Gasteiger partial charge in [-0.05, 0) is 18.6 Å². The Hall–Kier alpha value is -2.68. The third kappa shape index (κ3) is 2.90. The smallest absolute Gasteiger partial charge is 0.341 e. The molecule has 0 unspecified atom stereocenters. The predicted octanol–water partition coefficient (Wildman–Crippen LogP) is 1.87. The maximum Gasteiger partial charge on any atom is 0.341 e. The molecule has 2 aliphatic rings. The molecule has 0 amide bonds. The van der Waals surface area contributed by atoms with E-state index in [2.05, 4.69) is 0 Å². The number of carboxylic acids is 1. The standard InChI is InChI=1S/C19H21F2N3O4/c1-28-18-14(23-5-4-13(22)12(21)8-23)3-2-9-16(18)24(15-6-11(15)20)7-10(17(9)25)19(26)27/h2-3,7,11-13,15H,4-6,8,22H2,1H3,(H,26,27)/t11-,12-,13-,15+/m0/s1. The van der Waals surface area contributed by atoms with E-state index < -0.39 is 41.4 Å². The molecule has 1 aromatic heterocycles. The summed E-state index contributed by atoms with van der Waals surface area (Å²) in [7, 11) is 1.42. The number of piperidine rings is 1. The van der Waals surface area contributed by atoms with Crippen LogP contribution in [0.2, 0.25) is 0 Å². The first-order chi connectivity index (χ1) is 13.3. The summed E-state index contributed by atoms with van der Waals surface area (Å²) in [4.78, 5) is 25.9. The Kier molecular flexibility index (Phi) is 4.49. The van der Waals surface area contributed by atoms with Gasteiger partial charge in [-0.15, -0.1) is 0 Å². The number of anilines is 1. The second-order valence-corrected chi connectivity index (χ2v) is 7.33. The Bertz CT molecular complexity index is 1010. The normalized spacial score (nSPS) is 27.1.